The lowest BCUT2D eigenvalue weighted by Crippen LogP contribution is -2.38. The van der Waals surface area contributed by atoms with Gasteiger partial charge in [0.15, 0.2) is 0 Å². The highest BCUT2D eigenvalue weighted by Gasteiger charge is 2.28. The molecule has 0 radical (unpaired) electrons. The number of halogens is 1. The molecule has 3 rings (SSSR count). The molecule has 1 aromatic heterocycles. The monoisotopic (exact) mass is 476 g/mol. The van der Waals surface area contributed by atoms with Crippen LogP contribution in [0, 0.1) is 12.7 Å². The van der Waals surface area contributed by atoms with Gasteiger partial charge in [0.2, 0.25) is 5.91 Å². The van der Waals surface area contributed by atoms with Crippen LogP contribution in [0.15, 0.2) is 64.2 Å². The van der Waals surface area contributed by atoms with Crippen molar-refractivity contribution in [3.8, 4) is 0 Å². The van der Waals surface area contributed by atoms with Gasteiger partial charge in [0, 0.05) is 5.69 Å². The maximum atomic E-state index is 13.4. The molecule has 7 nitrogen and oxygen atoms in total. The number of nitrogens with zero attached hydrogens (tertiary/aromatic N) is 1. The number of anilines is 2. The van der Waals surface area contributed by atoms with E-state index in [1.807, 2.05) is 0 Å². The number of sulfonamides is 1. The SMILES string of the molecule is CCOC(=O)c1cccc(NC(=O)CN(c2ccc(F)cc2)S(=O)(=O)c2cccs2)c1C. The van der Waals surface area contributed by atoms with Crippen molar-refractivity contribution in [2.24, 2.45) is 0 Å². The molecule has 0 saturated heterocycles. The average molecular weight is 477 g/mol. The molecule has 0 aliphatic rings. The van der Waals surface area contributed by atoms with Crippen molar-refractivity contribution in [2.45, 2.75) is 18.1 Å². The Morgan fingerprint density at radius 1 is 1.09 bits per heavy atom. The van der Waals surface area contributed by atoms with Gasteiger partial charge < -0.3 is 10.1 Å². The molecule has 0 saturated carbocycles. The standard InChI is InChI=1S/C22H21FN2O5S2/c1-3-30-22(27)18-6-4-7-19(15(18)2)24-20(26)14-25(17-11-9-16(23)10-12-17)32(28,29)21-8-5-13-31-21/h4-13H,3,14H2,1-2H3,(H,24,26). The molecule has 0 aliphatic heterocycles. The molecule has 2 aromatic carbocycles. The van der Waals surface area contributed by atoms with Crippen LogP contribution in [0.4, 0.5) is 15.8 Å². The van der Waals surface area contributed by atoms with E-state index in [2.05, 4.69) is 5.32 Å². The van der Waals surface area contributed by atoms with E-state index in [-0.39, 0.29) is 16.5 Å². The topological polar surface area (TPSA) is 92.8 Å². The molecule has 32 heavy (non-hydrogen) atoms. The van der Waals surface area contributed by atoms with Gasteiger partial charge in [-0.1, -0.05) is 12.1 Å². The van der Waals surface area contributed by atoms with Crippen LogP contribution in [0.3, 0.4) is 0 Å². The molecule has 3 aromatic rings. The first-order valence-corrected chi connectivity index (χ1v) is 11.9. The molecule has 0 aliphatic carbocycles. The normalized spacial score (nSPS) is 11.1. The van der Waals surface area contributed by atoms with Crippen LogP contribution in [0.1, 0.15) is 22.8 Å². The maximum absolute atomic E-state index is 13.4. The van der Waals surface area contributed by atoms with Crippen LogP contribution >= 0.6 is 11.3 Å². The van der Waals surface area contributed by atoms with E-state index in [9.17, 15) is 22.4 Å². The molecule has 1 N–H and O–H groups in total. The Labute approximate surface area is 189 Å². The van der Waals surface area contributed by atoms with Crippen molar-refractivity contribution < 1.29 is 27.1 Å². The number of carbonyl (C=O) groups is 2. The third-order valence-electron chi connectivity index (χ3n) is 4.54. The zero-order chi connectivity index (χ0) is 23.3. The number of benzene rings is 2. The summed E-state index contributed by atoms with van der Waals surface area (Å²) in [5.74, 6) is -1.68. The Morgan fingerprint density at radius 3 is 2.44 bits per heavy atom. The van der Waals surface area contributed by atoms with E-state index in [1.165, 1.54) is 18.2 Å². The van der Waals surface area contributed by atoms with Crippen molar-refractivity contribution in [2.75, 3.05) is 22.8 Å². The van der Waals surface area contributed by atoms with Crippen LogP contribution in [-0.2, 0) is 19.6 Å². The maximum Gasteiger partial charge on any atom is 0.338 e. The number of rotatable bonds is 8. The van der Waals surface area contributed by atoms with Gasteiger partial charge in [-0.25, -0.2) is 17.6 Å². The summed E-state index contributed by atoms with van der Waals surface area (Å²) in [4.78, 5) is 24.9. The van der Waals surface area contributed by atoms with Gasteiger partial charge in [-0.05, 0) is 67.3 Å². The van der Waals surface area contributed by atoms with E-state index >= 15 is 0 Å². The van der Waals surface area contributed by atoms with Crippen LogP contribution < -0.4 is 9.62 Å². The smallest absolute Gasteiger partial charge is 0.338 e. The second-order valence-electron chi connectivity index (χ2n) is 6.67. The van der Waals surface area contributed by atoms with Gasteiger partial charge in [-0.15, -0.1) is 11.3 Å². The highest BCUT2D eigenvalue weighted by atomic mass is 32.2. The van der Waals surface area contributed by atoms with Gasteiger partial charge in [-0.3, -0.25) is 9.10 Å². The summed E-state index contributed by atoms with van der Waals surface area (Å²) in [7, 11) is -4.06. The van der Waals surface area contributed by atoms with Crippen LogP contribution in [0.25, 0.3) is 0 Å². The average Bonchev–Trinajstić information content (AvgIpc) is 3.30. The minimum absolute atomic E-state index is 0.0510. The third kappa shape index (κ3) is 5.14. The van der Waals surface area contributed by atoms with Crippen LogP contribution in [0.2, 0.25) is 0 Å². The van der Waals surface area contributed by atoms with Crippen molar-refractivity contribution in [1.29, 1.82) is 0 Å². The number of carbonyl (C=O) groups excluding carboxylic acids is 2. The molecule has 10 heteroatoms. The number of esters is 1. The third-order valence-corrected chi connectivity index (χ3v) is 7.69. The van der Waals surface area contributed by atoms with E-state index in [0.29, 0.717) is 16.8 Å². The van der Waals surface area contributed by atoms with Crippen LogP contribution in [0.5, 0.6) is 0 Å². The second-order valence-corrected chi connectivity index (χ2v) is 9.70. The molecule has 0 fully saturated rings. The largest absolute Gasteiger partial charge is 0.462 e. The Balaban J connectivity index is 1.89. The number of thiophene rings is 1. The summed E-state index contributed by atoms with van der Waals surface area (Å²) in [5, 5.41) is 4.26. The van der Waals surface area contributed by atoms with Crippen molar-refractivity contribution in [3.05, 3.63) is 76.9 Å². The first-order chi connectivity index (χ1) is 15.2. The molecule has 168 valence electrons. The molecular formula is C22H21FN2O5S2. The fourth-order valence-corrected chi connectivity index (χ4v) is 5.49. The minimum Gasteiger partial charge on any atom is -0.462 e. The number of ether oxygens (including phenoxy) is 1. The van der Waals surface area contributed by atoms with E-state index in [4.69, 9.17) is 4.74 Å². The quantitative estimate of drug-likeness (QED) is 0.492. The minimum atomic E-state index is -4.06. The number of hydrogen-bond acceptors (Lipinski definition) is 6. The Kier molecular flexibility index (Phi) is 7.26. The highest BCUT2D eigenvalue weighted by Crippen LogP contribution is 2.27. The summed E-state index contributed by atoms with van der Waals surface area (Å²) in [6.07, 6.45) is 0. The van der Waals surface area contributed by atoms with Crippen LogP contribution in [-0.4, -0.2) is 33.4 Å². The molecule has 1 amide bonds. The van der Waals surface area contributed by atoms with Crippen molar-refractivity contribution in [1.82, 2.24) is 0 Å². The first-order valence-electron chi connectivity index (χ1n) is 9.62. The fraction of sp³-hybridized carbons (Fsp3) is 0.182. The van der Waals surface area contributed by atoms with E-state index < -0.39 is 34.3 Å². The predicted octanol–water partition coefficient (Wildman–Crippen LogP) is 4.21. The zero-order valence-corrected chi connectivity index (χ0v) is 19.0. The molecule has 0 bridgehead atoms. The van der Waals surface area contributed by atoms with Crippen molar-refractivity contribution in [3.63, 3.8) is 0 Å². The first kappa shape index (κ1) is 23.4. The number of hydrogen-bond donors (Lipinski definition) is 1. The van der Waals surface area contributed by atoms with Gasteiger partial charge in [0.05, 0.1) is 17.9 Å². The lowest BCUT2D eigenvalue weighted by Gasteiger charge is -2.23. The Bertz CT molecular complexity index is 1210. The lowest BCUT2D eigenvalue weighted by molar-refractivity contribution is -0.114. The van der Waals surface area contributed by atoms with Gasteiger partial charge >= 0.3 is 5.97 Å². The molecular weight excluding hydrogens is 455 g/mol. The number of amides is 1. The van der Waals surface area contributed by atoms with Crippen molar-refractivity contribution >= 4 is 44.6 Å². The molecule has 0 spiro atoms. The second kappa shape index (κ2) is 9.92. The van der Waals surface area contributed by atoms with Gasteiger partial charge in [0.1, 0.15) is 16.6 Å². The Hall–Kier alpha value is -3.24. The predicted molar refractivity (Wildman–Crippen MR) is 121 cm³/mol. The van der Waals surface area contributed by atoms with Gasteiger partial charge in [0.25, 0.3) is 10.0 Å². The summed E-state index contributed by atoms with van der Waals surface area (Å²) >= 11 is 1.01. The van der Waals surface area contributed by atoms with E-state index in [1.54, 1.807) is 43.5 Å². The number of nitrogens with one attached hydrogen (secondary N) is 1. The summed E-state index contributed by atoms with van der Waals surface area (Å²) in [6, 6.07) is 12.6. The Morgan fingerprint density at radius 2 is 1.81 bits per heavy atom. The lowest BCUT2D eigenvalue weighted by atomic mass is 10.1. The molecule has 0 atom stereocenters. The summed E-state index contributed by atoms with van der Waals surface area (Å²) in [6.45, 7) is 3.01. The van der Waals surface area contributed by atoms with E-state index in [0.717, 1.165) is 27.8 Å². The van der Waals surface area contributed by atoms with Gasteiger partial charge in [-0.2, -0.15) is 0 Å². The zero-order valence-electron chi connectivity index (χ0n) is 17.4. The summed E-state index contributed by atoms with van der Waals surface area (Å²) < 4.78 is 45.7. The highest BCUT2D eigenvalue weighted by molar-refractivity contribution is 7.94. The summed E-state index contributed by atoms with van der Waals surface area (Å²) in [5.41, 5.74) is 1.29. The molecule has 1 heterocycles. The molecule has 0 unspecified atom stereocenters. The fourth-order valence-electron chi connectivity index (χ4n) is 2.96.